The Bertz CT molecular complexity index is 914. The molecule has 5 rings (SSSR count). The van der Waals surface area contributed by atoms with Crippen LogP contribution in [0, 0.1) is 5.92 Å². The fourth-order valence-corrected chi connectivity index (χ4v) is 5.33. The average Bonchev–Trinajstić information content (AvgIpc) is 3.44. The van der Waals surface area contributed by atoms with Gasteiger partial charge in [-0.25, -0.2) is 4.98 Å². The van der Waals surface area contributed by atoms with Crippen LogP contribution in [0.4, 0.5) is 5.69 Å². The predicted molar refractivity (Wildman–Crippen MR) is 101 cm³/mol. The molecular weight excluding hydrogens is 340 g/mol. The summed E-state index contributed by atoms with van der Waals surface area (Å²) in [6.45, 7) is 0.592. The summed E-state index contributed by atoms with van der Waals surface area (Å²) in [6, 6.07) is 7.50. The summed E-state index contributed by atoms with van der Waals surface area (Å²) in [5.41, 5.74) is 1.09. The molecule has 6 nitrogen and oxygen atoms in total. The number of rotatable bonds is 2. The van der Waals surface area contributed by atoms with E-state index in [0.29, 0.717) is 13.0 Å². The van der Waals surface area contributed by atoms with Gasteiger partial charge in [-0.15, -0.1) is 0 Å². The minimum absolute atomic E-state index is 0.0154. The number of nitrogens with one attached hydrogen (secondary N) is 1. The Labute approximate surface area is 158 Å². The summed E-state index contributed by atoms with van der Waals surface area (Å²) in [6.07, 6.45) is 8.41. The van der Waals surface area contributed by atoms with Gasteiger partial charge < -0.3 is 14.8 Å². The van der Waals surface area contributed by atoms with Gasteiger partial charge in [0.15, 0.2) is 0 Å². The number of hydrogen-bond acceptors (Lipinski definition) is 3. The number of hydrogen-bond donors (Lipinski definition) is 1. The van der Waals surface area contributed by atoms with E-state index in [4.69, 9.17) is 0 Å². The van der Waals surface area contributed by atoms with Crippen LogP contribution < -0.4 is 5.32 Å². The van der Waals surface area contributed by atoms with Crippen molar-refractivity contribution >= 4 is 17.5 Å². The monoisotopic (exact) mass is 364 g/mol. The van der Waals surface area contributed by atoms with Crippen LogP contribution >= 0.6 is 0 Å². The molecule has 27 heavy (non-hydrogen) atoms. The highest BCUT2D eigenvalue weighted by molar-refractivity contribution is 6.07. The number of carbonyl (C=O) groups excluding carboxylic acids is 2. The molecular formula is C21H24N4O2. The largest absolute Gasteiger partial charge is 0.336 e. The van der Waals surface area contributed by atoms with Gasteiger partial charge in [-0.3, -0.25) is 9.59 Å². The lowest BCUT2D eigenvalue weighted by Gasteiger charge is -2.34. The van der Waals surface area contributed by atoms with Crippen LogP contribution in [-0.2, 0) is 22.1 Å². The number of para-hydroxylation sites is 1. The minimum Gasteiger partial charge on any atom is -0.336 e. The van der Waals surface area contributed by atoms with Crippen LogP contribution in [0.3, 0.4) is 0 Å². The molecule has 140 valence electrons. The van der Waals surface area contributed by atoms with Crippen molar-refractivity contribution in [1.82, 2.24) is 14.5 Å². The number of fused-ring (bicyclic) bond motifs is 2. The van der Waals surface area contributed by atoms with Gasteiger partial charge in [0.05, 0.1) is 0 Å². The van der Waals surface area contributed by atoms with Gasteiger partial charge in [0, 0.05) is 37.6 Å². The molecule has 1 saturated carbocycles. The molecule has 1 spiro atoms. The number of carbonyl (C=O) groups is 2. The predicted octanol–water partition coefficient (Wildman–Crippen LogP) is 2.77. The Morgan fingerprint density at radius 1 is 1.26 bits per heavy atom. The van der Waals surface area contributed by atoms with Gasteiger partial charge in [0.2, 0.25) is 11.8 Å². The van der Waals surface area contributed by atoms with Crippen molar-refractivity contribution in [3.05, 3.63) is 48.0 Å². The summed E-state index contributed by atoms with van der Waals surface area (Å²) in [4.78, 5) is 33.2. The van der Waals surface area contributed by atoms with Gasteiger partial charge in [-0.1, -0.05) is 31.0 Å². The molecule has 1 aromatic heterocycles. The molecule has 6 heteroatoms. The Balaban J connectivity index is 1.65. The highest BCUT2D eigenvalue weighted by atomic mass is 16.2. The third kappa shape index (κ3) is 2.22. The van der Waals surface area contributed by atoms with E-state index in [1.807, 2.05) is 47.0 Å². The molecule has 0 radical (unpaired) electrons. The third-order valence-corrected chi connectivity index (χ3v) is 6.68. The highest BCUT2D eigenvalue weighted by Crippen LogP contribution is 2.54. The SMILES string of the molecule is Cn1ccnc1[C@@H]1N(C(=O)C2CCCC2)CC[C@]12C(=O)Nc1ccccc12. The molecule has 1 aliphatic carbocycles. The van der Waals surface area contributed by atoms with Crippen molar-refractivity contribution in [2.45, 2.75) is 43.6 Å². The van der Waals surface area contributed by atoms with Gasteiger partial charge in [-0.05, 0) is 30.9 Å². The van der Waals surface area contributed by atoms with Crippen LogP contribution in [0.15, 0.2) is 36.7 Å². The molecule has 3 heterocycles. The van der Waals surface area contributed by atoms with Crippen molar-refractivity contribution in [2.24, 2.45) is 13.0 Å². The number of aryl methyl sites for hydroxylation is 1. The number of anilines is 1. The van der Waals surface area contributed by atoms with E-state index in [9.17, 15) is 9.59 Å². The first-order chi connectivity index (χ1) is 13.1. The van der Waals surface area contributed by atoms with Gasteiger partial charge in [0.25, 0.3) is 0 Å². The summed E-state index contributed by atoms with van der Waals surface area (Å²) >= 11 is 0. The maximum atomic E-state index is 13.4. The second kappa shape index (κ2) is 5.94. The lowest BCUT2D eigenvalue weighted by molar-refractivity contribution is -0.137. The van der Waals surface area contributed by atoms with Crippen molar-refractivity contribution in [2.75, 3.05) is 11.9 Å². The topological polar surface area (TPSA) is 67.2 Å². The molecule has 0 unspecified atom stereocenters. The van der Waals surface area contributed by atoms with Crippen molar-refractivity contribution < 1.29 is 9.59 Å². The van der Waals surface area contributed by atoms with Crippen LogP contribution in [0.2, 0.25) is 0 Å². The molecule has 0 bridgehead atoms. The second-order valence-corrected chi connectivity index (χ2v) is 8.03. The van der Waals surface area contributed by atoms with Crippen molar-refractivity contribution in [3.63, 3.8) is 0 Å². The molecule has 1 N–H and O–H groups in total. The first kappa shape index (κ1) is 16.5. The number of amides is 2. The van der Waals surface area contributed by atoms with E-state index in [1.165, 1.54) is 0 Å². The molecule has 1 saturated heterocycles. The van der Waals surface area contributed by atoms with E-state index in [2.05, 4.69) is 10.3 Å². The Hall–Kier alpha value is -2.63. The number of likely N-dealkylation sites (tertiary alicyclic amines) is 1. The first-order valence-corrected chi connectivity index (χ1v) is 9.81. The van der Waals surface area contributed by atoms with Crippen LogP contribution in [0.1, 0.15) is 49.5 Å². The number of benzene rings is 1. The summed E-state index contributed by atoms with van der Waals surface area (Å²) < 4.78 is 1.95. The van der Waals surface area contributed by atoms with Crippen molar-refractivity contribution in [1.29, 1.82) is 0 Å². The van der Waals surface area contributed by atoms with E-state index in [0.717, 1.165) is 42.8 Å². The quantitative estimate of drug-likeness (QED) is 0.891. The second-order valence-electron chi connectivity index (χ2n) is 8.03. The van der Waals surface area contributed by atoms with E-state index < -0.39 is 5.41 Å². The molecule has 3 aliphatic rings. The molecule has 2 fully saturated rings. The number of aromatic nitrogens is 2. The fraction of sp³-hybridized carbons (Fsp3) is 0.476. The van der Waals surface area contributed by atoms with Crippen LogP contribution in [0.25, 0.3) is 0 Å². The maximum absolute atomic E-state index is 13.4. The zero-order valence-corrected chi connectivity index (χ0v) is 15.5. The third-order valence-electron chi connectivity index (χ3n) is 6.68. The fourth-order valence-electron chi connectivity index (χ4n) is 5.33. The molecule has 2 amide bonds. The van der Waals surface area contributed by atoms with Gasteiger partial charge in [0.1, 0.15) is 17.3 Å². The summed E-state index contributed by atoms with van der Waals surface area (Å²) in [7, 11) is 1.94. The molecule has 2 aliphatic heterocycles. The van der Waals surface area contributed by atoms with Gasteiger partial charge >= 0.3 is 0 Å². The van der Waals surface area contributed by atoms with Crippen LogP contribution in [-0.4, -0.2) is 32.8 Å². The highest BCUT2D eigenvalue weighted by Gasteiger charge is 2.60. The lowest BCUT2D eigenvalue weighted by atomic mass is 9.74. The zero-order valence-electron chi connectivity index (χ0n) is 15.5. The first-order valence-electron chi connectivity index (χ1n) is 9.81. The minimum atomic E-state index is -0.760. The Kier molecular flexibility index (Phi) is 3.64. The smallest absolute Gasteiger partial charge is 0.237 e. The maximum Gasteiger partial charge on any atom is 0.237 e. The molecule has 1 aromatic carbocycles. The molecule has 2 aromatic rings. The Morgan fingerprint density at radius 2 is 2.04 bits per heavy atom. The van der Waals surface area contributed by atoms with E-state index in [-0.39, 0.29) is 23.8 Å². The van der Waals surface area contributed by atoms with Crippen LogP contribution in [0.5, 0.6) is 0 Å². The average molecular weight is 364 g/mol. The summed E-state index contributed by atoms with van der Waals surface area (Å²) in [5.74, 6) is 1.04. The van der Waals surface area contributed by atoms with E-state index in [1.54, 1.807) is 6.20 Å². The number of imidazole rings is 1. The van der Waals surface area contributed by atoms with Gasteiger partial charge in [-0.2, -0.15) is 0 Å². The van der Waals surface area contributed by atoms with Crippen molar-refractivity contribution in [3.8, 4) is 0 Å². The standard InChI is InChI=1S/C21H24N4O2/c1-24-13-11-22-18(24)17-21(15-8-4-5-9-16(15)23-20(21)27)10-12-25(17)19(26)14-6-2-3-7-14/h4-5,8-9,11,13-14,17H,2-3,6-7,10,12H2,1H3,(H,23,27)/t17-,21+/m0/s1. The lowest BCUT2D eigenvalue weighted by Crippen LogP contribution is -2.45. The zero-order chi connectivity index (χ0) is 18.6. The molecule has 2 atom stereocenters. The van der Waals surface area contributed by atoms with E-state index >= 15 is 0 Å². The normalized spacial score (nSPS) is 27.4. The number of nitrogens with zero attached hydrogens (tertiary/aromatic N) is 3. The summed E-state index contributed by atoms with van der Waals surface area (Å²) in [5, 5.41) is 3.06. The Morgan fingerprint density at radius 3 is 2.78 bits per heavy atom.